The fraction of sp³-hybridized carbons (Fsp3) is 0.636. The number of benzene rings is 1. The number of nitrogens with one attached hydrogen (secondary N) is 1. The highest BCUT2D eigenvalue weighted by Gasteiger charge is 2.37. The van der Waals surface area contributed by atoms with E-state index in [2.05, 4.69) is 10.2 Å². The zero-order valence-corrected chi connectivity index (χ0v) is 16.7. The molecule has 0 bridgehead atoms. The van der Waals surface area contributed by atoms with Crippen LogP contribution in [0.3, 0.4) is 0 Å². The standard InChI is InChI=1S/C22H29F2N3O2/c23-19-5-1-3-16(20(19)24)13-25-21(28)17-4-2-10-27(14-17)18-8-11-26(12-9-18)22(29)15-6-7-15/h1,3,5,15,17-18H,2,4,6-14H2,(H,25,28). The Morgan fingerprint density at radius 2 is 1.76 bits per heavy atom. The summed E-state index contributed by atoms with van der Waals surface area (Å²) in [6.45, 7) is 3.29. The molecule has 5 nitrogen and oxygen atoms in total. The van der Waals surface area contributed by atoms with Crippen LogP contribution in [0.25, 0.3) is 0 Å². The van der Waals surface area contributed by atoms with Crippen LogP contribution in [0, 0.1) is 23.5 Å². The first-order valence-corrected chi connectivity index (χ1v) is 10.8. The van der Waals surface area contributed by atoms with Gasteiger partial charge in [-0.1, -0.05) is 12.1 Å². The lowest BCUT2D eigenvalue weighted by atomic mass is 9.93. The molecule has 0 aromatic heterocycles. The Morgan fingerprint density at radius 3 is 2.48 bits per heavy atom. The Hall–Kier alpha value is -2.02. The SMILES string of the molecule is O=C(NCc1cccc(F)c1F)C1CCCN(C2CCN(C(=O)C3CC3)CC2)C1. The molecule has 1 N–H and O–H groups in total. The molecule has 1 saturated carbocycles. The van der Waals surface area contributed by atoms with Crippen molar-refractivity contribution in [2.24, 2.45) is 11.8 Å². The highest BCUT2D eigenvalue weighted by molar-refractivity contribution is 5.81. The lowest BCUT2D eigenvalue weighted by Gasteiger charge is -2.42. The number of nitrogens with zero attached hydrogens (tertiary/aromatic N) is 2. The average Bonchev–Trinajstić information content (AvgIpc) is 3.60. The van der Waals surface area contributed by atoms with E-state index in [9.17, 15) is 18.4 Å². The van der Waals surface area contributed by atoms with E-state index < -0.39 is 11.6 Å². The normalized spacial score (nSPS) is 23.8. The van der Waals surface area contributed by atoms with Gasteiger partial charge in [0.1, 0.15) is 0 Å². The number of halogens is 2. The first kappa shape index (κ1) is 20.3. The molecule has 29 heavy (non-hydrogen) atoms. The van der Waals surface area contributed by atoms with Gasteiger partial charge in [0.2, 0.25) is 11.8 Å². The van der Waals surface area contributed by atoms with Gasteiger partial charge in [0.15, 0.2) is 11.6 Å². The number of rotatable bonds is 5. The molecule has 2 amide bonds. The predicted octanol–water partition coefficient (Wildman–Crippen LogP) is 2.69. The zero-order valence-electron chi connectivity index (χ0n) is 16.7. The monoisotopic (exact) mass is 405 g/mol. The number of likely N-dealkylation sites (tertiary alicyclic amines) is 2. The van der Waals surface area contributed by atoms with Crippen molar-refractivity contribution in [2.75, 3.05) is 26.2 Å². The quantitative estimate of drug-likeness (QED) is 0.820. The topological polar surface area (TPSA) is 52.7 Å². The van der Waals surface area contributed by atoms with Crippen molar-refractivity contribution in [1.82, 2.24) is 15.1 Å². The van der Waals surface area contributed by atoms with Crippen molar-refractivity contribution in [3.8, 4) is 0 Å². The summed E-state index contributed by atoms with van der Waals surface area (Å²) in [5, 5.41) is 2.78. The number of amides is 2. The molecule has 2 heterocycles. The fourth-order valence-corrected chi connectivity index (χ4v) is 4.60. The van der Waals surface area contributed by atoms with Gasteiger partial charge in [-0.3, -0.25) is 14.5 Å². The van der Waals surface area contributed by atoms with E-state index in [1.807, 2.05) is 4.90 Å². The van der Waals surface area contributed by atoms with Crippen LogP contribution in [0.1, 0.15) is 44.1 Å². The molecule has 1 aromatic carbocycles. The Bertz CT molecular complexity index is 760. The Labute approximate surface area is 170 Å². The van der Waals surface area contributed by atoms with Crippen molar-refractivity contribution in [2.45, 2.75) is 51.1 Å². The predicted molar refractivity (Wildman–Crippen MR) is 105 cm³/mol. The maximum Gasteiger partial charge on any atom is 0.225 e. The van der Waals surface area contributed by atoms with E-state index in [4.69, 9.17) is 0 Å². The second kappa shape index (κ2) is 8.78. The molecule has 2 aliphatic heterocycles. The van der Waals surface area contributed by atoms with Crippen molar-refractivity contribution in [3.63, 3.8) is 0 Å². The highest BCUT2D eigenvalue weighted by Crippen LogP contribution is 2.32. The van der Waals surface area contributed by atoms with E-state index in [0.29, 0.717) is 18.5 Å². The zero-order chi connectivity index (χ0) is 20.4. The largest absolute Gasteiger partial charge is 0.352 e. The molecule has 3 aliphatic rings. The summed E-state index contributed by atoms with van der Waals surface area (Å²) in [4.78, 5) is 29.2. The molecule has 3 fully saturated rings. The molecule has 1 aliphatic carbocycles. The lowest BCUT2D eigenvalue weighted by molar-refractivity contribution is -0.134. The highest BCUT2D eigenvalue weighted by atomic mass is 19.2. The van der Waals surface area contributed by atoms with Gasteiger partial charge in [-0.25, -0.2) is 8.78 Å². The van der Waals surface area contributed by atoms with E-state index in [-0.39, 0.29) is 29.9 Å². The Morgan fingerprint density at radius 1 is 1.00 bits per heavy atom. The van der Waals surface area contributed by atoms with Crippen LogP contribution in [-0.2, 0) is 16.1 Å². The Kier molecular flexibility index (Phi) is 6.13. The second-order valence-corrected chi connectivity index (χ2v) is 8.60. The molecule has 1 aromatic rings. The molecular formula is C22H29F2N3O2. The van der Waals surface area contributed by atoms with Crippen LogP contribution < -0.4 is 5.32 Å². The molecule has 0 spiro atoms. The third kappa shape index (κ3) is 4.77. The molecule has 158 valence electrons. The van der Waals surface area contributed by atoms with Gasteiger partial charge in [0, 0.05) is 43.7 Å². The maximum absolute atomic E-state index is 13.8. The van der Waals surface area contributed by atoms with Crippen molar-refractivity contribution < 1.29 is 18.4 Å². The number of carbonyl (C=O) groups excluding carboxylic acids is 2. The van der Waals surface area contributed by atoms with Gasteiger partial charge in [0.05, 0.1) is 5.92 Å². The maximum atomic E-state index is 13.8. The Balaban J connectivity index is 1.26. The average molecular weight is 405 g/mol. The molecular weight excluding hydrogens is 376 g/mol. The fourth-order valence-electron chi connectivity index (χ4n) is 4.60. The van der Waals surface area contributed by atoms with Crippen LogP contribution >= 0.6 is 0 Å². The van der Waals surface area contributed by atoms with Crippen LogP contribution in [0.4, 0.5) is 8.78 Å². The number of hydrogen-bond donors (Lipinski definition) is 1. The summed E-state index contributed by atoms with van der Waals surface area (Å²) in [7, 11) is 0. The van der Waals surface area contributed by atoms with Crippen LogP contribution in [0.15, 0.2) is 18.2 Å². The van der Waals surface area contributed by atoms with E-state index in [0.717, 1.165) is 64.2 Å². The van der Waals surface area contributed by atoms with Gasteiger partial charge < -0.3 is 10.2 Å². The van der Waals surface area contributed by atoms with E-state index in [1.165, 1.54) is 12.1 Å². The molecule has 0 radical (unpaired) electrons. The molecule has 1 atom stereocenters. The first-order chi connectivity index (χ1) is 14.0. The number of carbonyl (C=O) groups is 2. The summed E-state index contributed by atoms with van der Waals surface area (Å²) in [5.74, 6) is -1.43. The molecule has 1 unspecified atom stereocenters. The van der Waals surface area contributed by atoms with Crippen LogP contribution in [-0.4, -0.2) is 53.8 Å². The third-order valence-electron chi connectivity index (χ3n) is 6.53. The minimum Gasteiger partial charge on any atom is -0.352 e. The van der Waals surface area contributed by atoms with Crippen LogP contribution in [0.5, 0.6) is 0 Å². The minimum absolute atomic E-state index is 0.000589. The lowest BCUT2D eigenvalue weighted by Crippen LogP contribution is -2.51. The van der Waals surface area contributed by atoms with Gasteiger partial charge in [-0.05, 0) is 51.1 Å². The van der Waals surface area contributed by atoms with Crippen molar-refractivity contribution in [3.05, 3.63) is 35.4 Å². The molecule has 2 saturated heterocycles. The molecule has 7 heteroatoms. The number of hydrogen-bond acceptors (Lipinski definition) is 3. The van der Waals surface area contributed by atoms with Crippen LogP contribution in [0.2, 0.25) is 0 Å². The third-order valence-corrected chi connectivity index (χ3v) is 6.53. The van der Waals surface area contributed by atoms with Gasteiger partial charge in [-0.15, -0.1) is 0 Å². The smallest absolute Gasteiger partial charge is 0.225 e. The summed E-state index contributed by atoms with van der Waals surface area (Å²) in [6, 6.07) is 4.42. The second-order valence-electron chi connectivity index (χ2n) is 8.60. The summed E-state index contributed by atoms with van der Waals surface area (Å²) in [6.07, 6.45) is 5.77. The van der Waals surface area contributed by atoms with Gasteiger partial charge in [0.25, 0.3) is 0 Å². The van der Waals surface area contributed by atoms with E-state index in [1.54, 1.807) is 0 Å². The number of piperidine rings is 2. The minimum atomic E-state index is -0.898. The van der Waals surface area contributed by atoms with Gasteiger partial charge in [-0.2, -0.15) is 0 Å². The molecule has 4 rings (SSSR count). The first-order valence-electron chi connectivity index (χ1n) is 10.8. The van der Waals surface area contributed by atoms with E-state index >= 15 is 0 Å². The van der Waals surface area contributed by atoms with Gasteiger partial charge >= 0.3 is 0 Å². The summed E-state index contributed by atoms with van der Waals surface area (Å²) >= 11 is 0. The summed E-state index contributed by atoms with van der Waals surface area (Å²) < 4.78 is 27.1. The van der Waals surface area contributed by atoms with Crippen molar-refractivity contribution >= 4 is 11.8 Å². The van der Waals surface area contributed by atoms with Crippen molar-refractivity contribution in [1.29, 1.82) is 0 Å². The summed E-state index contributed by atoms with van der Waals surface area (Å²) in [5.41, 5.74) is 0.165.